The number of nitrogens with one attached hydrogen (secondary N) is 3. The van der Waals surface area contributed by atoms with E-state index in [1.807, 2.05) is 31.5 Å². The van der Waals surface area contributed by atoms with Crippen LogP contribution < -0.4 is 16.0 Å². The number of aliphatic imine (C=N–C) groups is 1. The first-order chi connectivity index (χ1) is 12.2. The lowest BCUT2D eigenvalue weighted by Crippen LogP contribution is -2.39. The van der Waals surface area contributed by atoms with Crippen LogP contribution in [0.15, 0.2) is 53.8 Å². The largest absolute Gasteiger partial charge is 0.357 e. The Balaban J connectivity index is 1.74. The molecule has 3 N–H and O–H groups in total. The van der Waals surface area contributed by atoms with Crippen LogP contribution in [-0.2, 0) is 6.54 Å². The first kappa shape index (κ1) is 18.5. The van der Waals surface area contributed by atoms with Gasteiger partial charge in [-0.05, 0) is 31.2 Å². The third-order valence-electron chi connectivity index (χ3n) is 3.46. The fraction of sp³-hybridized carbons (Fsp3) is 0.333. The summed E-state index contributed by atoms with van der Waals surface area (Å²) < 4.78 is 15.6. The maximum Gasteiger partial charge on any atom is 0.254 e. The summed E-state index contributed by atoms with van der Waals surface area (Å²) in [7, 11) is 0. The van der Waals surface area contributed by atoms with Crippen molar-refractivity contribution in [1.82, 2.24) is 20.5 Å². The smallest absolute Gasteiger partial charge is 0.254 e. The number of hydrogen-bond acceptors (Lipinski definition) is 2. The van der Waals surface area contributed by atoms with E-state index in [-0.39, 0.29) is 5.56 Å². The van der Waals surface area contributed by atoms with Crippen molar-refractivity contribution in [2.75, 3.05) is 26.2 Å². The maximum absolute atomic E-state index is 13.5. The summed E-state index contributed by atoms with van der Waals surface area (Å²) in [6.45, 7) is 5.05. The number of hydrogen-bond donors (Lipinski definition) is 3. The van der Waals surface area contributed by atoms with Gasteiger partial charge in [0.15, 0.2) is 5.96 Å². The monoisotopic (exact) mass is 345 g/mol. The average Bonchev–Trinajstić information content (AvgIpc) is 3.12. The van der Waals surface area contributed by atoms with Crippen LogP contribution in [0.2, 0.25) is 0 Å². The van der Waals surface area contributed by atoms with Crippen molar-refractivity contribution in [2.24, 2.45) is 4.99 Å². The third kappa shape index (κ3) is 6.29. The first-order valence-corrected chi connectivity index (χ1v) is 8.36. The van der Waals surface area contributed by atoms with Gasteiger partial charge in [0, 0.05) is 38.6 Å². The fourth-order valence-corrected chi connectivity index (χ4v) is 2.24. The summed E-state index contributed by atoms with van der Waals surface area (Å²) in [4.78, 5) is 16.3. The molecule has 0 fully saturated rings. The quantitative estimate of drug-likeness (QED) is 0.387. The van der Waals surface area contributed by atoms with Crippen molar-refractivity contribution in [3.63, 3.8) is 0 Å². The molecule has 0 saturated carbocycles. The molecular weight excluding hydrogens is 321 g/mol. The number of benzene rings is 1. The lowest BCUT2D eigenvalue weighted by atomic mass is 10.2. The second-order valence-electron chi connectivity index (χ2n) is 5.34. The van der Waals surface area contributed by atoms with Gasteiger partial charge in [0.2, 0.25) is 0 Å². The molecule has 1 aromatic heterocycles. The summed E-state index contributed by atoms with van der Waals surface area (Å²) in [6.07, 6.45) is 4.01. The van der Waals surface area contributed by atoms with Gasteiger partial charge < -0.3 is 20.5 Å². The summed E-state index contributed by atoms with van der Waals surface area (Å²) in [6, 6.07) is 9.88. The van der Waals surface area contributed by atoms with Gasteiger partial charge in [-0.25, -0.2) is 4.39 Å². The minimum Gasteiger partial charge on any atom is -0.357 e. The molecule has 0 saturated heterocycles. The fourth-order valence-electron chi connectivity index (χ4n) is 2.24. The van der Waals surface area contributed by atoms with E-state index in [1.54, 1.807) is 12.1 Å². The van der Waals surface area contributed by atoms with E-state index in [1.165, 1.54) is 12.1 Å². The summed E-state index contributed by atoms with van der Waals surface area (Å²) in [5, 5.41) is 9.05. The normalized spacial score (nSPS) is 11.2. The van der Waals surface area contributed by atoms with Gasteiger partial charge in [-0.1, -0.05) is 12.1 Å². The molecule has 1 aromatic carbocycles. The Morgan fingerprint density at radius 3 is 2.56 bits per heavy atom. The lowest BCUT2D eigenvalue weighted by Gasteiger charge is -2.12. The van der Waals surface area contributed by atoms with Gasteiger partial charge in [0.25, 0.3) is 5.91 Å². The van der Waals surface area contributed by atoms with Gasteiger partial charge in [-0.3, -0.25) is 9.79 Å². The van der Waals surface area contributed by atoms with Crippen LogP contribution >= 0.6 is 0 Å². The Kier molecular flexibility index (Phi) is 7.49. The Bertz CT molecular complexity index is 685. The van der Waals surface area contributed by atoms with Crippen molar-refractivity contribution in [3.8, 4) is 0 Å². The molecule has 2 rings (SSSR count). The van der Waals surface area contributed by atoms with E-state index in [2.05, 4.69) is 25.5 Å². The second kappa shape index (κ2) is 10.1. The third-order valence-corrected chi connectivity index (χ3v) is 3.46. The number of nitrogens with zero attached hydrogens (tertiary/aromatic N) is 2. The van der Waals surface area contributed by atoms with Gasteiger partial charge in [-0.15, -0.1) is 0 Å². The number of rotatable bonds is 8. The van der Waals surface area contributed by atoms with Crippen molar-refractivity contribution >= 4 is 11.9 Å². The number of aromatic nitrogens is 1. The maximum atomic E-state index is 13.5. The highest BCUT2D eigenvalue weighted by atomic mass is 19.1. The van der Waals surface area contributed by atoms with Crippen molar-refractivity contribution in [3.05, 3.63) is 60.2 Å². The topological polar surface area (TPSA) is 70.4 Å². The highest BCUT2D eigenvalue weighted by Gasteiger charge is 2.09. The predicted molar refractivity (Wildman–Crippen MR) is 97.1 cm³/mol. The average molecular weight is 345 g/mol. The zero-order valence-electron chi connectivity index (χ0n) is 14.3. The van der Waals surface area contributed by atoms with E-state index >= 15 is 0 Å². The van der Waals surface area contributed by atoms with Gasteiger partial charge >= 0.3 is 0 Å². The minimum atomic E-state index is -0.525. The standard InChI is InChI=1S/C18H24FN5O/c1-2-20-18(23-11-14-24-12-5-6-13-24)22-10-9-21-17(25)15-7-3-4-8-16(15)19/h3-8,12-13H,2,9-11,14H2,1H3,(H,21,25)(H2,20,22,23). The number of guanidine groups is 1. The van der Waals surface area contributed by atoms with E-state index in [0.29, 0.717) is 19.0 Å². The number of carbonyl (C=O) groups is 1. The van der Waals surface area contributed by atoms with E-state index in [0.717, 1.165) is 19.6 Å². The molecule has 0 bridgehead atoms. The van der Waals surface area contributed by atoms with Gasteiger partial charge in [0.1, 0.15) is 5.82 Å². The van der Waals surface area contributed by atoms with Gasteiger partial charge in [-0.2, -0.15) is 0 Å². The summed E-state index contributed by atoms with van der Waals surface area (Å²) in [5.74, 6) is -0.266. The molecule has 25 heavy (non-hydrogen) atoms. The predicted octanol–water partition coefficient (Wildman–Crippen LogP) is 1.61. The molecule has 7 heteroatoms. The number of amides is 1. The molecule has 1 amide bonds. The van der Waals surface area contributed by atoms with Gasteiger partial charge in [0.05, 0.1) is 12.1 Å². The zero-order valence-corrected chi connectivity index (χ0v) is 14.3. The van der Waals surface area contributed by atoms with E-state index in [4.69, 9.17) is 0 Å². The van der Waals surface area contributed by atoms with Crippen molar-refractivity contribution < 1.29 is 9.18 Å². The van der Waals surface area contributed by atoms with Crippen LogP contribution in [-0.4, -0.2) is 42.6 Å². The van der Waals surface area contributed by atoms with Crippen LogP contribution in [0, 0.1) is 5.82 Å². The van der Waals surface area contributed by atoms with Crippen LogP contribution in [0.25, 0.3) is 0 Å². The summed E-state index contributed by atoms with van der Waals surface area (Å²) >= 11 is 0. The molecule has 134 valence electrons. The summed E-state index contributed by atoms with van der Waals surface area (Å²) in [5.41, 5.74) is 0.0447. The van der Waals surface area contributed by atoms with Crippen LogP contribution in [0.1, 0.15) is 17.3 Å². The highest BCUT2D eigenvalue weighted by molar-refractivity contribution is 5.94. The SMILES string of the molecule is CCNC(=NCCNC(=O)c1ccccc1F)NCCn1cccc1. The van der Waals surface area contributed by atoms with E-state index in [9.17, 15) is 9.18 Å². The Morgan fingerprint density at radius 2 is 1.84 bits per heavy atom. The molecule has 0 aliphatic heterocycles. The van der Waals surface area contributed by atoms with Crippen molar-refractivity contribution in [1.29, 1.82) is 0 Å². The molecule has 0 radical (unpaired) electrons. The Labute approximate surface area is 147 Å². The number of halogens is 1. The zero-order chi connectivity index (χ0) is 17.9. The Hall–Kier alpha value is -2.83. The van der Waals surface area contributed by atoms with E-state index < -0.39 is 11.7 Å². The molecule has 0 spiro atoms. The molecule has 0 unspecified atom stereocenters. The minimum absolute atomic E-state index is 0.0447. The van der Waals surface area contributed by atoms with Crippen LogP contribution in [0.5, 0.6) is 0 Å². The molecule has 0 aliphatic carbocycles. The van der Waals surface area contributed by atoms with Crippen LogP contribution in [0.4, 0.5) is 4.39 Å². The van der Waals surface area contributed by atoms with Crippen LogP contribution in [0.3, 0.4) is 0 Å². The number of carbonyl (C=O) groups excluding carboxylic acids is 1. The molecule has 0 atom stereocenters. The Morgan fingerprint density at radius 1 is 1.08 bits per heavy atom. The van der Waals surface area contributed by atoms with Crippen molar-refractivity contribution in [2.45, 2.75) is 13.5 Å². The highest BCUT2D eigenvalue weighted by Crippen LogP contribution is 2.05. The lowest BCUT2D eigenvalue weighted by molar-refractivity contribution is 0.0951. The first-order valence-electron chi connectivity index (χ1n) is 8.36. The molecule has 1 heterocycles. The molecule has 0 aliphatic rings. The second-order valence-corrected chi connectivity index (χ2v) is 5.34. The molecular formula is C18H24FN5O. The molecule has 6 nitrogen and oxygen atoms in total. The molecule has 2 aromatic rings.